The van der Waals surface area contributed by atoms with E-state index in [4.69, 9.17) is 0 Å². The molecule has 172 valence electrons. The Kier molecular flexibility index (Phi) is 10.4. The number of halogens is 6. The fourth-order valence-electron chi connectivity index (χ4n) is 2.15. The number of nitrogens with zero attached hydrogens (tertiary/aromatic N) is 2. The molecule has 1 rings (SSSR count). The molecule has 0 fully saturated rings. The van der Waals surface area contributed by atoms with Crippen molar-refractivity contribution >= 4 is 20.0 Å². The zero-order valence-electron chi connectivity index (χ0n) is 15.9. The molecule has 1 heterocycles. The summed E-state index contributed by atoms with van der Waals surface area (Å²) in [6.07, 6.45) is 15.8. The van der Waals surface area contributed by atoms with Crippen LogP contribution in [-0.4, -0.2) is 52.5 Å². The lowest BCUT2D eigenvalue weighted by molar-refractivity contribution is -0.854. The Morgan fingerprint density at radius 2 is 1.34 bits per heavy atom. The van der Waals surface area contributed by atoms with Crippen LogP contribution in [0.2, 0.25) is 0 Å². The molecule has 0 aromatic carbocycles. The number of hydrogen-bond donors (Lipinski definition) is 0. The molecule has 1 unspecified atom stereocenters. The predicted molar refractivity (Wildman–Crippen MR) is 96.3 cm³/mol. The Hall–Kier alpha value is -1.12. The topological polar surface area (TPSA) is 82.4 Å². The van der Waals surface area contributed by atoms with E-state index in [9.17, 15) is 43.2 Å². The maximum Gasteiger partial charge on any atom is 0.480 e. The SMILES string of the molecule is CCCCCCC[N+]1(C)C=CC=CC1.O=S(=O)([N-]S(=O)(=O)C(F)(F)F)C(F)(F)F. The number of unbranched alkanes of at least 4 members (excludes halogenated alkanes) is 4. The summed E-state index contributed by atoms with van der Waals surface area (Å²) in [5, 5.41) is 0. The van der Waals surface area contributed by atoms with Crippen LogP contribution in [-0.2, 0) is 20.0 Å². The average molecular weight is 474 g/mol. The van der Waals surface area contributed by atoms with Gasteiger partial charge in [0.1, 0.15) is 6.54 Å². The zero-order chi connectivity index (χ0) is 23.0. The summed E-state index contributed by atoms with van der Waals surface area (Å²) in [5.41, 5.74) is -12.4. The van der Waals surface area contributed by atoms with Gasteiger partial charge >= 0.3 is 11.0 Å². The van der Waals surface area contributed by atoms with E-state index in [0.717, 1.165) is 8.61 Å². The molecule has 0 saturated heterocycles. The number of allylic oxidation sites excluding steroid dienone is 2. The van der Waals surface area contributed by atoms with Gasteiger partial charge in [-0.15, -0.1) is 0 Å². The van der Waals surface area contributed by atoms with Gasteiger partial charge < -0.3 is 4.13 Å². The smallest absolute Gasteiger partial charge is 0.421 e. The van der Waals surface area contributed by atoms with Gasteiger partial charge in [-0.3, -0.25) is 4.48 Å². The van der Waals surface area contributed by atoms with Crippen LogP contribution in [0, 0.1) is 0 Å². The van der Waals surface area contributed by atoms with Crippen LogP contribution in [0.15, 0.2) is 24.4 Å². The van der Waals surface area contributed by atoms with E-state index < -0.39 is 31.1 Å². The van der Waals surface area contributed by atoms with E-state index >= 15 is 0 Å². The third-order valence-electron chi connectivity index (χ3n) is 3.77. The lowest BCUT2D eigenvalue weighted by Crippen LogP contribution is -2.40. The first kappa shape index (κ1) is 27.9. The minimum atomic E-state index is -6.72. The quantitative estimate of drug-likeness (QED) is 0.294. The molecule has 14 heteroatoms. The van der Waals surface area contributed by atoms with E-state index in [-0.39, 0.29) is 0 Å². The molecule has 0 aromatic rings. The molecule has 6 nitrogen and oxygen atoms in total. The number of likely N-dealkylation sites (N-methyl/N-ethyl adjacent to an activating group) is 1. The first-order valence-corrected chi connectivity index (χ1v) is 11.4. The highest BCUT2D eigenvalue weighted by Crippen LogP contribution is 2.36. The molecule has 29 heavy (non-hydrogen) atoms. The molecular formula is C15H24F6N2O4S2. The average Bonchev–Trinajstić information content (AvgIpc) is 2.53. The second-order valence-electron chi connectivity index (χ2n) is 6.49. The van der Waals surface area contributed by atoms with Crippen LogP contribution in [0.1, 0.15) is 39.0 Å². The molecule has 0 amide bonds. The second kappa shape index (κ2) is 10.8. The van der Waals surface area contributed by atoms with Gasteiger partial charge in [0, 0.05) is 0 Å². The summed E-state index contributed by atoms with van der Waals surface area (Å²) < 4.78 is 110. The molecule has 1 aliphatic heterocycles. The Bertz CT molecular complexity index is 732. The fraction of sp³-hybridized carbons (Fsp3) is 0.733. The predicted octanol–water partition coefficient (Wildman–Crippen LogP) is 4.55. The Morgan fingerprint density at radius 3 is 1.72 bits per heavy atom. The van der Waals surface area contributed by atoms with Crippen molar-refractivity contribution in [2.45, 2.75) is 50.0 Å². The highest BCUT2D eigenvalue weighted by molar-refractivity contribution is 8.13. The van der Waals surface area contributed by atoms with Gasteiger partial charge in [0.2, 0.25) is 0 Å². The maximum absolute atomic E-state index is 11.4. The first-order chi connectivity index (χ1) is 13.0. The summed E-state index contributed by atoms with van der Waals surface area (Å²) in [6, 6.07) is 0. The monoisotopic (exact) mass is 474 g/mol. The van der Waals surface area contributed by atoms with Crippen LogP contribution in [0.4, 0.5) is 26.3 Å². The van der Waals surface area contributed by atoms with Gasteiger partial charge in [-0.2, -0.15) is 26.3 Å². The molecule has 0 saturated carbocycles. The van der Waals surface area contributed by atoms with E-state index in [1.807, 2.05) is 0 Å². The molecule has 0 aromatic heterocycles. The highest BCUT2D eigenvalue weighted by atomic mass is 32.3. The minimum Gasteiger partial charge on any atom is -0.421 e. The van der Waals surface area contributed by atoms with Crippen molar-refractivity contribution in [3.8, 4) is 0 Å². The second-order valence-corrected chi connectivity index (χ2v) is 9.91. The molecular weight excluding hydrogens is 450 g/mol. The van der Waals surface area contributed by atoms with Crippen LogP contribution in [0.5, 0.6) is 0 Å². The van der Waals surface area contributed by atoms with Gasteiger partial charge in [0.05, 0.1) is 19.8 Å². The summed E-state index contributed by atoms with van der Waals surface area (Å²) in [4.78, 5) is 0. The molecule has 0 bridgehead atoms. The Balaban J connectivity index is 0.000000541. The zero-order valence-corrected chi connectivity index (χ0v) is 17.5. The van der Waals surface area contributed by atoms with Crippen molar-refractivity contribution in [1.29, 1.82) is 0 Å². The maximum atomic E-state index is 11.4. The lowest BCUT2D eigenvalue weighted by atomic mass is 10.1. The lowest BCUT2D eigenvalue weighted by Gasteiger charge is -2.30. The van der Waals surface area contributed by atoms with E-state index in [1.54, 1.807) is 0 Å². The van der Waals surface area contributed by atoms with Gasteiger partial charge in [-0.25, -0.2) is 16.8 Å². The van der Waals surface area contributed by atoms with Gasteiger partial charge in [0.25, 0.3) is 0 Å². The van der Waals surface area contributed by atoms with Gasteiger partial charge in [-0.1, -0.05) is 32.3 Å². The molecule has 0 radical (unpaired) electrons. The van der Waals surface area contributed by atoms with E-state index in [2.05, 4.69) is 38.4 Å². The van der Waals surface area contributed by atoms with Crippen molar-refractivity contribution in [3.05, 3.63) is 28.6 Å². The molecule has 0 aliphatic carbocycles. The number of quaternary nitrogens is 1. The van der Waals surface area contributed by atoms with Gasteiger partial charge in [-0.05, 0) is 25.0 Å². The molecule has 0 N–H and O–H groups in total. The number of rotatable bonds is 8. The minimum absolute atomic E-state index is 0.778. The third kappa shape index (κ3) is 9.96. The van der Waals surface area contributed by atoms with Crippen LogP contribution < -0.4 is 0 Å². The normalized spacial score (nSPS) is 20.3. The summed E-state index contributed by atoms with van der Waals surface area (Å²) in [6.45, 7) is 4.74. The third-order valence-corrected chi connectivity index (χ3v) is 6.51. The van der Waals surface area contributed by atoms with Crippen LogP contribution in [0.25, 0.3) is 4.13 Å². The van der Waals surface area contributed by atoms with Crippen molar-refractivity contribution in [2.24, 2.45) is 0 Å². The molecule has 0 spiro atoms. The summed E-state index contributed by atoms with van der Waals surface area (Å²) in [7, 11) is -11.1. The number of alkyl halides is 6. The molecule has 1 aliphatic rings. The largest absolute Gasteiger partial charge is 0.480 e. The van der Waals surface area contributed by atoms with Crippen molar-refractivity contribution in [3.63, 3.8) is 0 Å². The van der Waals surface area contributed by atoms with Gasteiger partial charge in [0.15, 0.2) is 20.0 Å². The van der Waals surface area contributed by atoms with Crippen molar-refractivity contribution < 1.29 is 47.7 Å². The summed E-state index contributed by atoms with van der Waals surface area (Å²) >= 11 is 0. The summed E-state index contributed by atoms with van der Waals surface area (Å²) in [5.74, 6) is 0. The van der Waals surface area contributed by atoms with Crippen molar-refractivity contribution in [2.75, 3.05) is 20.1 Å². The Labute approximate surface area is 167 Å². The highest BCUT2D eigenvalue weighted by Gasteiger charge is 2.46. The van der Waals surface area contributed by atoms with Crippen molar-refractivity contribution in [1.82, 2.24) is 0 Å². The van der Waals surface area contributed by atoms with E-state index in [0.29, 0.717) is 0 Å². The van der Waals surface area contributed by atoms with Crippen LogP contribution in [0.3, 0.4) is 0 Å². The Morgan fingerprint density at radius 1 is 0.862 bits per heavy atom. The first-order valence-electron chi connectivity index (χ1n) is 8.53. The molecule has 1 atom stereocenters. The van der Waals surface area contributed by atoms with Crippen LogP contribution >= 0.6 is 0 Å². The standard InChI is InChI=1S/C13H24N.C2F6NO4S2/c1-3-4-5-6-8-11-14(2)12-9-7-10-13-14;3-1(4,5)14(10,11)9-15(12,13)2(6,7)8/h7,9-10,12H,3-6,8,11,13H2,1-2H3;/q+1;-1. The number of sulfonamides is 2. The fourth-order valence-corrected chi connectivity index (χ4v) is 3.86. The van der Waals surface area contributed by atoms with E-state index in [1.165, 1.54) is 45.2 Å². The number of hydrogen-bond acceptors (Lipinski definition) is 4.